The number of hydrogen-bond acceptors (Lipinski definition) is 2. The van der Waals surface area contributed by atoms with Crippen LogP contribution in [0.5, 0.6) is 0 Å². The smallest absolute Gasteiger partial charge is 0.310 e. The maximum atomic E-state index is 12.6. The van der Waals surface area contributed by atoms with Gasteiger partial charge in [0.25, 0.3) is 0 Å². The van der Waals surface area contributed by atoms with Gasteiger partial charge >= 0.3 is 5.97 Å². The molecule has 2 heteroatoms. The molecule has 120 valence electrons. The van der Waals surface area contributed by atoms with Crippen LogP contribution in [0.3, 0.4) is 0 Å². The minimum atomic E-state index is -0.434. The Morgan fingerprint density at radius 3 is 1.96 bits per heavy atom. The fraction of sp³-hybridized carbons (Fsp3) is 0.381. The van der Waals surface area contributed by atoms with E-state index in [2.05, 4.69) is 36.4 Å². The van der Waals surface area contributed by atoms with Gasteiger partial charge in [0, 0.05) is 5.92 Å². The summed E-state index contributed by atoms with van der Waals surface area (Å²) in [5, 5.41) is 0. The van der Waals surface area contributed by atoms with E-state index in [1.54, 1.807) is 0 Å². The van der Waals surface area contributed by atoms with Crippen molar-refractivity contribution >= 4 is 5.97 Å². The van der Waals surface area contributed by atoms with Gasteiger partial charge in [-0.2, -0.15) is 0 Å². The molecule has 0 saturated heterocycles. The molecule has 0 heterocycles. The maximum absolute atomic E-state index is 12.6. The monoisotopic (exact) mass is 308 g/mol. The average molecular weight is 308 g/mol. The highest BCUT2D eigenvalue weighted by Crippen LogP contribution is 2.54. The van der Waals surface area contributed by atoms with Crippen molar-refractivity contribution in [2.45, 2.75) is 44.6 Å². The lowest BCUT2D eigenvalue weighted by Crippen LogP contribution is -2.41. The molecule has 1 saturated carbocycles. The van der Waals surface area contributed by atoms with Crippen molar-refractivity contribution in [1.29, 1.82) is 0 Å². The molecule has 0 radical (unpaired) electrons. The number of hydrogen-bond donors (Lipinski definition) is 0. The van der Waals surface area contributed by atoms with Crippen molar-refractivity contribution in [3.05, 3.63) is 71.8 Å². The molecule has 0 amide bonds. The van der Waals surface area contributed by atoms with E-state index in [0.717, 1.165) is 6.42 Å². The minimum absolute atomic E-state index is 0.0539. The fourth-order valence-corrected chi connectivity index (χ4v) is 3.46. The Morgan fingerprint density at radius 2 is 1.43 bits per heavy atom. The summed E-state index contributed by atoms with van der Waals surface area (Å²) in [7, 11) is 0. The molecule has 0 aromatic heterocycles. The molecule has 23 heavy (non-hydrogen) atoms. The van der Waals surface area contributed by atoms with Crippen LogP contribution in [0.25, 0.3) is 0 Å². The van der Waals surface area contributed by atoms with E-state index in [0.29, 0.717) is 5.92 Å². The largest absolute Gasteiger partial charge is 0.460 e. The first-order valence-electron chi connectivity index (χ1n) is 8.28. The van der Waals surface area contributed by atoms with Crippen molar-refractivity contribution in [2.24, 2.45) is 5.92 Å². The van der Waals surface area contributed by atoms with E-state index in [4.69, 9.17) is 4.74 Å². The molecule has 0 N–H and O–H groups in total. The molecule has 2 aromatic rings. The van der Waals surface area contributed by atoms with E-state index in [9.17, 15) is 4.79 Å². The first-order valence-corrected chi connectivity index (χ1v) is 8.28. The third kappa shape index (κ3) is 3.47. The Bertz CT molecular complexity index is 655. The van der Waals surface area contributed by atoms with Gasteiger partial charge in [-0.25, -0.2) is 0 Å². The lowest BCUT2D eigenvalue weighted by Gasteiger charge is -2.44. The Morgan fingerprint density at radius 1 is 0.913 bits per heavy atom. The van der Waals surface area contributed by atoms with Crippen LogP contribution < -0.4 is 0 Å². The highest BCUT2D eigenvalue weighted by atomic mass is 16.6. The lowest BCUT2D eigenvalue weighted by molar-refractivity contribution is -0.165. The summed E-state index contributed by atoms with van der Waals surface area (Å²) >= 11 is 0. The summed E-state index contributed by atoms with van der Waals surface area (Å²) in [5.41, 5.74) is 2.10. The van der Waals surface area contributed by atoms with Crippen LogP contribution in [0, 0.1) is 5.92 Å². The van der Waals surface area contributed by atoms with Gasteiger partial charge in [0.15, 0.2) is 0 Å². The Labute approximate surface area is 138 Å². The number of rotatable bonds is 3. The zero-order valence-electron chi connectivity index (χ0n) is 14.0. The zero-order chi connectivity index (χ0) is 16.4. The topological polar surface area (TPSA) is 26.3 Å². The SMILES string of the molecule is CC(C)(C)OC(=O)[C@@H]1C[C@H](c2ccccc2)[C@H]1c1ccccc1. The van der Waals surface area contributed by atoms with Gasteiger partial charge in [-0.05, 0) is 44.2 Å². The van der Waals surface area contributed by atoms with E-state index in [-0.39, 0.29) is 17.8 Å². The Kier molecular flexibility index (Phi) is 4.25. The maximum Gasteiger partial charge on any atom is 0.310 e. The zero-order valence-corrected chi connectivity index (χ0v) is 14.0. The summed E-state index contributed by atoms with van der Waals surface area (Å²) in [6.45, 7) is 5.78. The van der Waals surface area contributed by atoms with Crippen LogP contribution in [0.2, 0.25) is 0 Å². The second-order valence-electron chi connectivity index (χ2n) is 7.33. The highest BCUT2D eigenvalue weighted by molar-refractivity contribution is 5.76. The summed E-state index contributed by atoms with van der Waals surface area (Å²) in [6, 6.07) is 20.8. The second kappa shape index (κ2) is 6.19. The number of benzene rings is 2. The summed E-state index contributed by atoms with van der Waals surface area (Å²) < 4.78 is 5.64. The highest BCUT2D eigenvalue weighted by Gasteiger charge is 2.48. The van der Waals surface area contributed by atoms with E-state index < -0.39 is 5.60 Å². The molecule has 1 fully saturated rings. The molecule has 0 spiro atoms. The molecular formula is C21H24O2. The molecule has 1 aliphatic carbocycles. The number of esters is 1. The van der Waals surface area contributed by atoms with Crippen LogP contribution >= 0.6 is 0 Å². The molecule has 0 unspecified atom stereocenters. The standard InChI is InChI=1S/C21H24O2/c1-21(2,3)23-20(22)18-14-17(15-10-6-4-7-11-15)19(18)16-12-8-5-9-13-16/h4-13,17-19H,14H2,1-3H3/t17-,18-,19-/m1/s1. The molecule has 3 rings (SSSR count). The van der Waals surface area contributed by atoms with Gasteiger partial charge < -0.3 is 4.74 Å². The predicted molar refractivity (Wildman–Crippen MR) is 92.3 cm³/mol. The van der Waals surface area contributed by atoms with Crippen molar-refractivity contribution in [1.82, 2.24) is 0 Å². The van der Waals surface area contributed by atoms with Gasteiger partial charge in [0.05, 0.1) is 5.92 Å². The Balaban J connectivity index is 1.86. The van der Waals surface area contributed by atoms with E-state index >= 15 is 0 Å². The van der Waals surface area contributed by atoms with Crippen molar-refractivity contribution in [3.8, 4) is 0 Å². The average Bonchev–Trinajstić information content (AvgIpc) is 2.46. The molecule has 0 aliphatic heterocycles. The van der Waals surface area contributed by atoms with Crippen LogP contribution in [0.4, 0.5) is 0 Å². The summed E-state index contributed by atoms with van der Waals surface area (Å²) in [5.74, 6) is 0.463. The molecule has 2 aromatic carbocycles. The quantitative estimate of drug-likeness (QED) is 0.753. The number of carbonyl (C=O) groups is 1. The van der Waals surface area contributed by atoms with Crippen molar-refractivity contribution in [2.75, 3.05) is 0 Å². The molecule has 2 nitrogen and oxygen atoms in total. The summed E-state index contributed by atoms with van der Waals surface area (Å²) in [6.07, 6.45) is 0.860. The third-order valence-corrected chi connectivity index (χ3v) is 4.50. The Hall–Kier alpha value is -2.09. The number of carbonyl (C=O) groups excluding carboxylic acids is 1. The van der Waals surface area contributed by atoms with Gasteiger partial charge in [0.2, 0.25) is 0 Å². The first kappa shape index (κ1) is 15.8. The second-order valence-corrected chi connectivity index (χ2v) is 7.33. The van der Waals surface area contributed by atoms with Gasteiger partial charge in [-0.15, -0.1) is 0 Å². The summed E-state index contributed by atoms with van der Waals surface area (Å²) in [4.78, 5) is 12.6. The number of ether oxygens (including phenoxy) is 1. The molecule has 0 bridgehead atoms. The van der Waals surface area contributed by atoms with E-state index in [1.807, 2.05) is 45.0 Å². The molecule has 3 atom stereocenters. The van der Waals surface area contributed by atoms with Crippen LogP contribution in [-0.4, -0.2) is 11.6 Å². The van der Waals surface area contributed by atoms with Crippen molar-refractivity contribution in [3.63, 3.8) is 0 Å². The van der Waals surface area contributed by atoms with Crippen LogP contribution in [0.1, 0.15) is 50.2 Å². The minimum Gasteiger partial charge on any atom is -0.460 e. The predicted octanol–water partition coefficient (Wildman–Crippen LogP) is 4.92. The first-order chi connectivity index (χ1) is 11.0. The molecule has 1 aliphatic rings. The van der Waals surface area contributed by atoms with E-state index in [1.165, 1.54) is 11.1 Å². The normalized spacial score (nSPS) is 23.9. The molecular weight excluding hydrogens is 284 g/mol. The van der Waals surface area contributed by atoms with Gasteiger partial charge in [0.1, 0.15) is 5.60 Å². The van der Waals surface area contributed by atoms with Crippen LogP contribution in [-0.2, 0) is 9.53 Å². The fourth-order valence-electron chi connectivity index (χ4n) is 3.46. The van der Waals surface area contributed by atoms with Gasteiger partial charge in [-0.1, -0.05) is 60.7 Å². The van der Waals surface area contributed by atoms with Crippen molar-refractivity contribution < 1.29 is 9.53 Å². The van der Waals surface area contributed by atoms with Crippen LogP contribution in [0.15, 0.2) is 60.7 Å². The van der Waals surface area contributed by atoms with Gasteiger partial charge in [-0.3, -0.25) is 4.79 Å². The lowest BCUT2D eigenvalue weighted by atomic mass is 9.59. The third-order valence-electron chi connectivity index (χ3n) is 4.50.